The van der Waals surface area contributed by atoms with Crippen LogP contribution in [0.25, 0.3) is 11.2 Å². The molecule has 2 aromatic heterocycles. The van der Waals surface area contributed by atoms with E-state index in [1.807, 2.05) is 0 Å². The van der Waals surface area contributed by atoms with E-state index < -0.39 is 65.6 Å². The van der Waals surface area contributed by atoms with Gasteiger partial charge in [0.25, 0.3) is 11.5 Å². The number of aromatic nitrogens is 4. The molecule has 33 heavy (non-hydrogen) atoms. The normalized spacial score (nSPS) is 27.5. The molecule has 0 spiro atoms. The molecule has 6 atom stereocenters. The van der Waals surface area contributed by atoms with E-state index in [4.69, 9.17) is 20.3 Å². The van der Waals surface area contributed by atoms with Gasteiger partial charge >= 0.3 is 28.7 Å². The number of rotatable bonds is 8. The van der Waals surface area contributed by atoms with Crippen molar-refractivity contribution in [2.45, 2.75) is 24.5 Å². The number of nitrogen functional groups attached to an aromatic ring is 1. The van der Waals surface area contributed by atoms with Crippen LogP contribution in [0.4, 0.5) is 5.95 Å². The second-order valence-electron chi connectivity index (χ2n) is 7.09. The number of imidazole rings is 1. The van der Waals surface area contributed by atoms with Gasteiger partial charge in [0.05, 0.1) is 13.7 Å². The van der Waals surface area contributed by atoms with Gasteiger partial charge in [0, 0.05) is 0 Å². The minimum Gasteiger partial charge on any atom is -0.387 e. The molecule has 9 N–H and O–H groups in total. The first-order chi connectivity index (χ1) is 15.0. The molecular formula is C12H21N5O13P3+. The fraction of sp³-hybridized carbons (Fsp3) is 0.583. The number of anilines is 1. The number of nitrogens with one attached hydrogen (secondary N) is 1. The molecule has 0 bridgehead atoms. The number of nitrogens with two attached hydrogens (primary N) is 1. The third-order valence-electron chi connectivity index (χ3n) is 4.40. The van der Waals surface area contributed by atoms with Crippen LogP contribution in [0.2, 0.25) is 0 Å². The number of nitrogens with zero attached hydrogens (tertiary/aromatic N) is 3. The molecule has 0 amide bonds. The summed E-state index contributed by atoms with van der Waals surface area (Å²) >= 11 is 0. The van der Waals surface area contributed by atoms with Gasteiger partial charge in [0.2, 0.25) is 11.7 Å². The van der Waals surface area contributed by atoms with Crippen LogP contribution in [-0.2, 0) is 34.3 Å². The third-order valence-corrected chi connectivity index (χ3v) is 9.62. The van der Waals surface area contributed by atoms with Gasteiger partial charge < -0.3 is 40.3 Å². The van der Waals surface area contributed by atoms with Crippen LogP contribution in [-0.4, -0.2) is 75.1 Å². The molecular weight excluding hydrogens is 515 g/mol. The summed E-state index contributed by atoms with van der Waals surface area (Å²) < 4.78 is 50.9. The SMILES string of the molecule is Cn1c[n+]([C@@H]2O[C@H](COP(=O)(O)OP(=O)(O)CP(=O)(O)O)[C@@H](O)[C@H]2O)c2nc(N)[nH]c(=O)c21. The number of fused-ring (bicyclic) bond motifs is 1. The molecule has 1 aliphatic heterocycles. The highest BCUT2D eigenvalue weighted by atomic mass is 31.3. The molecule has 1 aliphatic rings. The zero-order valence-electron chi connectivity index (χ0n) is 16.6. The zero-order valence-corrected chi connectivity index (χ0v) is 19.3. The topological polar surface area (TPSA) is 281 Å². The molecule has 21 heteroatoms. The Morgan fingerprint density at radius 3 is 2.48 bits per heavy atom. The van der Waals surface area contributed by atoms with Gasteiger partial charge in [-0.15, -0.1) is 0 Å². The number of aromatic amines is 1. The van der Waals surface area contributed by atoms with E-state index in [-0.39, 0.29) is 17.1 Å². The van der Waals surface area contributed by atoms with Crippen molar-refractivity contribution in [1.29, 1.82) is 0 Å². The van der Waals surface area contributed by atoms with E-state index in [0.29, 0.717) is 0 Å². The molecule has 2 unspecified atom stereocenters. The summed E-state index contributed by atoms with van der Waals surface area (Å²) in [6.45, 7) is -0.945. The predicted molar refractivity (Wildman–Crippen MR) is 105 cm³/mol. The van der Waals surface area contributed by atoms with Gasteiger partial charge in [-0.2, -0.15) is 0 Å². The number of aliphatic hydroxyl groups excluding tert-OH is 2. The quantitative estimate of drug-likeness (QED) is 0.125. The first-order valence-corrected chi connectivity index (χ1v) is 13.9. The number of aryl methyl sites for hydroxylation is 1. The lowest BCUT2D eigenvalue weighted by Gasteiger charge is -2.19. The minimum atomic E-state index is -5.35. The highest BCUT2D eigenvalue weighted by Gasteiger charge is 2.48. The first-order valence-electron chi connectivity index (χ1n) is 8.82. The van der Waals surface area contributed by atoms with Crippen LogP contribution >= 0.6 is 23.0 Å². The van der Waals surface area contributed by atoms with Crippen LogP contribution in [0, 0.1) is 0 Å². The van der Waals surface area contributed by atoms with E-state index >= 15 is 0 Å². The molecule has 0 aromatic carbocycles. The Kier molecular flexibility index (Phi) is 7.06. The number of phosphoric acid groups is 1. The van der Waals surface area contributed by atoms with Crippen molar-refractivity contribution in [2.75, 3.05) is 18.2 Å². The van der Waals surface area contributed by atoms with E-state index in [9.17, 15) is 38.5 Å². The van der Waals surface area contributed by atoms with Gasteiger partial charge in [-0.05, 0) is 0 Å². The first kappa shape index (κ1) is 26.1. The Morgan fingerprint density at radius 1 is 1.24 bits per heavy atom. The van der Waals surface area contributed by atoms with Crippen LogP contribution < -0.4 is 15.9 Å². The molecule has 1 saturated heterocycles. The molecule has 186 valence electrons. The smallest absolute Gasteiger partial charge is 0.387 e. The van der Waals surface area contributed by atoms with Crippen LogP contribution in [0.5, 0.6) is 0 Å². The molecule has 2 aromatic rings. The number of hydrogen-bond donors (Lipinski definition) is 8. The van der Waals surface area contributed by atoms with Crippen molar-refractivity contribution in [3.8, 4) is 0 Å². The average molecular weight is 536 g/mol. The Morgan fingerprint density at radius 2 is 1.88 bits per heavy atom. The number of phosphoric ester groups is 1. The van der Waals surface area contributed by atoms with E-state index in [0.717, 1.165) is 0 Å². The average Bonchev–Trinajstić information content (AvgIpc) is 3.07. The van der Waals surface area contributed by atoms with Crippen molar-refractivity contribution in [3.05, 3.63) is 16.7 Å². The van der Waals surface area contributed by atoms with Gasteiger partial charge in [-0.3, -0.25) is 28.0 Å². The Labute approximate surface area is 183 Å². The molecule has 0 aliphatic carbocycles. The fourth-order valence-corrected chi connectivity index (χ4v) is 7.51. The lowest BCUT2D eigenvalue weighted by Crippen LogP contribution is -2.46. The molecule has 0 radical (unpaired) electrons. The maximum absolute atomic E-state index is 12.1. The summed E-state index contributed by atoms with van der Waals surface area (Å²) in [5.74, 6) is -1.97. The van der Waals surface area contributed by atoms with Crippen molar-refractivity contribution < 1.29 is 61.6 Å². The molecule has 18 nitrogen and oxygen atoms in total. The predicted octanol–water partition coefficient (Wildman–Crippen LogP) is -2.80. The third kappa shape index (κ3) is 5.95. The number of H-pyrrole nitrogens is 1. The monoisotopic (exact) mass is 536 g/mol. The summed E-state index contributed by atoms with van der Waals surface area (Å²) in [7, 11) is -14.2. The van der Waals surface area contributed by atoms with Gasteiger partial charge in [-0.1, -0.05) is 4.98 Å². The second kappa shape index (κ2) is 8.92. The maximum Gasteiger partial charge on any atom is 0.479 e. The van der Waals surface area contributed by atoms with Crippen LogP contribution in [0.1, 0.15) is 6.23 Å². The molecule has 3 rings (SSSR count). The Hall–Kier alpha value is -1.52. The number of aliphatic hydroxyl groups is 2. The van der Waals surface area contributed by atoms with Crippen molar-refractivity contribution in [2.24, 2.45) is 7.05 Å². The summed E-state index contributed by atoms with van der Waals surface area (Å²) in [5, 5.41) is 20.6. The fourth-order valence-electron chi connectivity index (χ4n) is 3.16. The van der Waals surface area contributed by atoms with E-state index in [1.54, 1.807) is 0 Å². The molecule has 3 heterocycles. The number of hydrogen-bond acceptors (Lipinski definition) is 11. The lowest BCUT2D eigenvalue weighted by atomic mass is 10.1. The summed E-state index contributed by atoms with van der Waals surface area (Å²) in [4.78, 5) is 54.8. The number of ether oxygens (including phenoxy) is 1. The summed E-state index contributed by atoms with van der Waals surface area (Å²) in [5.41, 5.74) is 5.01. The van der Waals surface area contributed by atoms with Crippen molar-refractivity contribution >= 4 is 40.1 Å². The van der Waals surface area contributed by atoms with E-state index in [2.05, 4.69) is 18.8 Å². The van der Waals surface area contributed by atoms with E-state index in [1.165, 1.54) is 22.5 Å². The minimum absolute atomic E-state index is 0.00797. The highest BCUT2D eigenvalue weighted by Crippen LogP contribution is 2.65. The van der Waals surface area contributed by atoms with Crippen molar-refractivity contribution in [3.63, 3.8) is 0 Å². The van der Waals surface area contributed by atoms with Crippen LogP contribution in [0.15, 0.2) is 11.1 Å². The van der Waals surface area contributed by atoms with Crippen molar-refractivity contribution in [1.82, 2.24) is 14.5 Å². The van der Waals surface area contributed by atoms with Gasteiger partial charge in [0.15, 0.2) is 12.2 Å². The highest BCUT2D eigenvalue weighted by molar-refractivity contribution is 7.73. The Bertz CT molecular complexity index is 1260. The summed E-state index contributed by atoms with van der Waals surface area (Å²) in [6, 6.07) is 0. The molecule has 0 saturated carbocycles. The van der Waals surface area contributed by atoms with Gasteiger partial charge in [0.1, 0.15) is 18.3 Å². The van der Waals surface area contributed by atoms with Gasteiger partial charge in [-0.25, -0.2) is 13.4 Å². The lowest BCUT2D eigenvalue weighted by molar-refractivity contribution is -0.745. The largest absolute Gasteiger partial charge is 0.479 e. The Balaban J connectivity index is 1.76. The second-order valence-corrected chi connectivity index (χ2v) is 12.7. The zero-order chi connectivity index (χ0) is 24.9. The van der Waals surface area contributed by atoms with Crippen LogP contribution in [0.3, 0.4) is 0 Å². The summed E-state index contributed by atoms with van der Waals surface area (Å²) in [6.07, 6.45) is -4.86. The maximum atomic E-state index is 12.1. The molecule has 1 fully saturated rings. The standard InChI is InChI=1S/C12H20N5O13P3/c1-16-3-17(9-6(16)10(20)15-12(13)14-9)11-8(19)7(18)5(29-11)2-28-33(26,27)30-32(24,25)4-31(21,22)23/h3,5,7-8,11,18-19H,2,4H2,1H3,(H6-,13,14,15,20,21,22,23,24,25,26,27)/p+1/t5-,7-,8-,11-/m1/s1.